The summed E-state index contributed by atoms with van der Waals surface area (Å²) in [4.78, 5) is 6.01. The second-order valence-electron chi connectivity index (χ2n) is 11.1. The summed E-state index contributed by atoms with van der Waals surface area (Å²) in [6.07, 6.45) is 11.1. The van der Waals surface area contributed by atoms with Crippen molar-refractivity contribution < 1.29 is 4.57 Å². The number of halogens is 2. The van der Waals surface area contributed by atoms with E-state index in [0.717, 1.165) is 52.9 Å². The topological polar surface area (TPSA) is 10.4 Å². The first-order valence-corrected chi connectivity index (χ1v) is 18.0. The molecule has 0 unspecified atom stereocenters. The number of rotatable bonds is 8. The van der Waals surface area contributed by atoms with Gasteiger partial charge in [0.25, 0.3) is 5.01 Å². The number of fused-ring (bicyclic) bond motifs is 2. The molecule has 1 aliphatic heterocycles. The molecule has 7 heteroatoms. The SMILES string of the molecule is CCN1C(=CC=C2CCC(C=Cc3sc4cccc(Cl)c4[n+]3CC)=C2N(c2ccccc2)c2ccccc2)Sc2ccc(Cl)cc21. The van der Waals surface area contributed by atoms with Crippen molar-refractivity contribution in [2.45, 2.75) is 38.1 Å². The number of aromatic nitrogens is 1. The van der Waals surface area contributed by atoms with Gasteiger partial charge in [-0.05, 0) is 105 Å². The second kappa shape index (κ2) is 13.5. The van der Waals surface area contributed by atoms with E-state index in [2.05, 4.69) is 131 Å². The van der Waals surface area contributed by atoms with Gasteiger partial charge in [-0.15, -0.1) is 0 Å². The van der Waals surface area contributed by atoms with Crippen LogP contribution in [0.25, 0.3) is 16.3 Å². The van der Waals surface area contributed by atoms with Crippen LogP contribution in [0.5, 0.6) is 0 Å². The van der Waals surface area contributed by atoms with Gasteiger partial charge in [0.2, 0.25) is 5.52 Å². The lowest BCUT2D eigenvalue weighted by Gasteiger charge is -2.28. The molecule has 1 aromatic heterocycles. The van der Waals surface area contributed by atoms with Gasteiger partial charge >= 0.3 is 0 Å². The molecule has 3 nitrogen and oxygen atoms in total. The van der Waals surface area contributed by atoms with E-state index in [9.17, 15) is 0 Å². The fourth-order valence-corrected chi connectivity index (χ4v) is 9.07. The lowest BCUT2D eigenvalue weighted by atomic mass is 10.1. The summed E-state index contributed by atoms with van der Waals surface area (Å²) in [6.45, 7) is 6.11. The molecule has 0 saturated heterocycles. The molecule has 2 aliphatic rings. The average Bonchev–Trinajstić information content (AvgIpc) is 3.76. The summed E-state index contributed by atoms with van der Waals surface area (Å²) >= 11 is 16.7. The van der Waals surface area contributed by atoms with Gasteiger partial charge in [-0.3, -0.25) is 0 Å². The van der Waals surface area contributed by atoms with E-state index in [0.29, 0.717) is 0 Å². The van der Waals surface area contributed by atoms with Crippen molar-refractivity contribution in [3.8, 4) is 0 Å². The zero-order chi connectivity index (χ0) is 31.6. The zero-order valence-corrected chi connectivity index (χ0v) is 28.9. The van der Waals surface area contributed by atoms with Gasteiger partial charge < -0.3 is 9.80 Å². The quantitative estimate of drug-likeness (QED) is 0.151. The Hall–Kier alpha value is -3.74. The van der Waals surface area contributed by atoms with Crippen LogP contribution in [0.3, 0.4) is 0 Å². The molecule has 230 valence electrons. The van der Waals surface area contributed by atoms with E-state index in [-0.39, 0.29) is 0 Å². The van der Waals surface area contributed by atoms with Gasteiger partial charge in [-0.2, -0.15) is 4.57 Å². The van der Waals surface area contributed by atoms with Crippen LogP contribution < -0.4 is 14.4 Å². The van der Waals surface area contributed by atoms with E-state index >= 15 is 0 Å². The maximum atomic E-state index is 6.67. The van der Waals surface area contributed by atoms with Crippen molar-refractivity contribution in [2.24, 2.45) is 0 Å². The summed E-state index contributed by atoms with van der Waals surface area (Å²) < 4.78 is 3.52. The Labute approximate surface area is 289 Å². The van der Waals surface area contributed by atoms with Crippen molar-refractivity contribution in [3.63, 3.8) is 0 Å². The molecular formula is C39H34Cl2N3S2+. The normalized spacial score (nSPS) is 16.5. The first kappa shape index (κ1) is 30.9. The third-order valence-corrected chi connectivity index (χ3v) is 11.2. The Morgan fingerprint density at radius 3 is 2.26 bits per heavy atom. The molecule has 0 saturated carbocycles. The Balaban J connectivity index is 1.36. The van der Waals surface area contributed by atoms with Crippen LogP contribution in [-0.4, -0.2) is 6.54 Å². The van der Waals surface area contributed by atoms with E-state index in [1.54, 1.807) is 23.1 Å². The number of nitrogens with zero attached hydrogens (tertiary/aromatic N) is 3. The van der Waals surface area contributed by atoms with Crippen LogP contribution in [0.1, 0.15) is 31.7 Å². The van der Waals surface area contributed by atoms with Crippen molar-refractivity contribution in [1.29, 1.82) is 0 Å². The van der Waals surface area contributed by atoms with Gasteiger partial charge in [0, 0.05) is 33.9 Å². The molecule has 0 atom stereocenters. The summed E-state index contributed by atoms with van der Waals surface area (Å²) in [5.41, 5.74) is 8.42. The highest BCUT2D eigenvalue weighted by Crippen LogP contribution is 2.47. The smallest absolute Gasteiger partial charge is 0.262 e. The van der Waals surface area contributed by atoms with E-state index in [1.165, 1.54) is 42.2 Å². The molecule has 0 radical (unpaired) electrons. The van der Waals surface area contributed by atoms with Crippen LogP contribution >= 0.6 is 46.3 Å². The molecule has 5 aromatic rings. The molecule has 0 amide bonds. The molecule has 0 fully saturated rings. The lowest BCUT2D eigenvalue weighted by Crippen LogP contribution is -2.33. The van der Waals surface area contributed by atoms with Crippen molar-refractivity contribution in [2.75, 3.05) is 16.3 Å². The minimum Gasteiger partial charge on any atom is -0.335 e. The van der Waals surface area contributed by atoms with Crippen LogP contribution in [0.4, 0.5) is 17.1 Å². The van der Waals surface area contributed by atoms with Crippen LogP contribution in [0.2, 0.25) is 10.0 Å². The molecule has 0 bridgehead atoms. The molecule has 46 heavy (non-hydrogen) atoms. The highest BCUT2D eigenvalue weighted by atomic mass is 35.5. The Morgan fingerprint density at radius 2 is 1.57 bits per heavy atom. The summed E-state index contributed by atoms with van der Waals surface area (Å²) in [5.74, 6) is 0. The minimum atomic E-state index is 0.765. The second-order valence-corrected chi connectivity index (χ2v) is 14.1. The third kappa shape index (κ3) is 5.93. The van der Waals surface area contributed by atoms with Gasteiger partial charge in [0.05, 0.1) is 16.4 Å². The molecule has 7 rings (SSSR count). The molecule has 4 aromatic carbocycles. The zero-order valence-electron chi connectivity index (χ0n) is 25.8. The molecule has 1 aliphatic carbocycles. The maximum Gasteiger partial charge on any atom is 0.262 e. The Bertz CT molecular complexity index is 1990. The number of hydrogen-bond donors (Lipinski definition) is 0. The first-order chi connectivity index (χ1) is 22.6. The van der Waals surface area contributed by atoms with E-state index in [4.69, 9.17) is 23.2 Å². The molecule has 2 heterocycles. The number of thioether (sulfide) groups is 1. The van der Waals surface area contributed by atoms with Gasteiger partial charge in [0.1, 0.15) is 16.3 Å². The molecule has 0 N–H and O–H groups in total. The third-order valence-electron chi connectivity index (χ3n) is 8.40. The van der Waals surface area contributed by atoms with E-state index < -0.39 is 0 Å². The first-order valence-electron chi connectivity index (χ1n) is 15.6. The Morgan fingerprint density at radius 1 is 0.826 bits per heavy atom. The van der Waals surface area contributed by atoms with Crippen LogP contribution in [0.15, 0.2) is 142 Å². The number of anilines is 3. The summed E-state index contributed by atoms with van der Waals surface area (Å²) in [5, 5.41) is 3.97. The average molecular weight is 680 g/mol. The Kier molecular flexibility index (Phi) is 9.10. The highest BCUT2D eigenvalue weighted by molar-refractivity contribution is 8.03. The summed E-state index contributed by atoms with van der Waals surface area (Å²) in [7, 11) is 0. The molecular weight excluding hydrogens is 645 g/mol. The highest BCUT2D eigenvalue weighted by Gasteiger charge is 2.28. The largest absolute Gasteiger partial charge is 0.335 e. The fraction of sp³-hybridized carbons (Fsp3) is 0.154. The van der Waals surface area contributed by atoms with E-state index in [1.807, 2.05) is 18.2 Å². The lowest BCUT2D eigenvalue weighted by molar-refractivity contribution is -0.665. The minimum absolute atomic E-state index is 0.765. The number of hydrogen-bond acceptors (Lipinski definition) is 4. The predicted octanol–water partition coefficient (Wildman–Crippen LogP) is 11.8. The van der Waals surface area contributed by atoms with Crippen LogP contribution in [0, 0.1) is 0 Å². The van der Waals surface area contributed by atoms with Crippen LogP contribution in [-0.2, 0) is 6.54 Å². The maximum absolute atomic E-state index is 6.67. The summed E-state index contributed by atoms with van der Waals surface area (Å²) in [6, 6.07) is 33.7. The number of para-hydroxylation sites is 3. The fourth-order valence-electron chi connectivity index (χ4n) is 6.31. The van der Waals surface area contributed by atoms with Crippen molar-refractivity contribution in [1.82, 2.24) is 0 Å². The van der Waals surface area contributed by atoms with Gasteiger partial charge in [-0.25, -0.2) is 0 Å². The predicted molar refractivity (Wildman–Crippen MR) is 200 cm³/mol. The van der Waals surface area contributed by atoms with Gasteiger partial charge in [-0.1, -0.05) is 94.8 Å². The number of benzene rings is 4. The number of thiazole rings is 1. The standard InChI is InChI=1S/C39H34Cl2N3S2/c1-3-42-33-26-29(40)22-23-34(33)45-36(42)24-20-27-18-19-28(21-25-37-43(4-2)39-32(41)16-11-17-35(39)46-37)38(27)44(30-12-7-5-8-13-30)31-14-9-6-10-15-31/h5-17,20-26H,3-4,18-19H2,1-2H3/q+1. The monoisotopic (exact) mass is 678 g/mol. The van der Waals surface area contributed by atoms with Gasteiger partial charge in [0.15, 0.2) is 0 Å². The number of allylic oxidation sites excluding steroid dienone is 5. The van der Waals surface area contributed by atoms with Crippen molar-refractivity contribution >= 4 is 79.7 Å². The van der Waals surface area contributed by atoms with Crippen molar-refractivity contribution in [3.05, 3.63) is 152 Å². The number of aryl methyl sites for hydroxylation is 1. The molecule has 0 spiro atoms.